The number of alkyl halides is 3. The number of H-pyrrole nitrogens is 1. The smallest absolute Gasteiger partial charge is 0.376 e. The third-order valence-corrected chi connectivity index (χ3v) is 8.12. The second-order valence-corrected chi connectivity index (χ2v) is 11.4. The molecule has 238 valence electrons. The number of ether oxygens (including phenoxy) is 1. The number of aromatic nitrogens is 5. The van der Waals surface area contributed by atoms with E-state index in [-0.39, 0.29) is 24.2 Å². The Labute approximate surface area is 266 Å². The minimum atomic E-state index is -4.82. The minimum Gasteiger partial charge on any atom is -0.376 e. The van der Waals surface area contributed by atoms with E-state index in [4.69, 9.17) is 16.3 Å². The summed E-state index contributed by atoms with van der Waals surface area (Å²) >= 11 is 5.95. The molecule has 0 unspecified atom stereocenters. The fraction of sp³-hybridized carbons (Fsp3) is 0.281. The van der Waals surface area contributed by atoms with Gasteiger partial charge in [-0.3, -0.25) is 14.5 Å². The maximum atomic E-state index is 14.3. The Morgan fingerprint density at radius 1 is 1.15 bits per heavy atom. The SMILES string of the molecule is Cc1ccc(-c2nnn(CC(=O)N(c3ccc(Cl)c(C(F)(F)F)c3)[C@H](C(=O)NC[C@@H]3CCCO3)c3c[nH]c4ccccc34)n2)cc1. The van der Waals surface area contributed by atoms with Gasteiger partial charge in [0.15, 0.2) is 0 Å². The van der Waals surface area contributed by atoms with Crippen LogP contribution in [0.15, 0.2) is 72.9 Å². The topological polar surface area (TPSA) is 118 Å². The van der Waals surface area contributed by atoms with E-state index in [0.29, 0.717) is 28.6 Å². The van der Waals surface area contributed by atoms with Crippen molar-refractivity contribution >= 4 is 40.0 Å². The molecule has 14 heteroatoms. The molecule has 0 spiro atoms. The van der Waals surface area contributed by atoms with Gasteiger partial charge in [-0.15, -0.1) is 10.2 Å². The molecule has 2 atom stereocenters. The number of nitrogens with zero attached hydrogens (tertiary/aromatic N) is 5. The normalized spacial score (nSPS) is 15.6. The molecule has 1 fully saturated rings. The number of aryl methyl sites for hydroxylation is 1. The molecule has 1 saturated heterocycles. The minimum absolute atomic E-state index is 0.165. The van der Waals surface area contributed by atoms with Crippen molar-refractivity contribution < 1.29 is 27.5 Å². The van der Waals surface area contributed by atoms with Gasteiger partial charge in [-0.25, -0.2) is 0 Å². The number of hydrogen-bond donors (Lipinski definition) is 2. The first kappa shape index (κ1) is 31.2. The summed E-state index contributed by atoms with van der Waals surface area (Å²) in [5.41, 5.74) is 1.41. The lowest BCUT2D eigenvalue weighted by molar-refractivity contribution is -0.137. The average Bonchev–Trinajstić information content (AvgIpc) is 3.81. The van der Waals surface area contributed by atoms with Crippen molar-refractivity contribution in [1.82, 2.24) is 30.5 Å². The molecular weight excluding hydrogens is 623 g/mol. The Balaban J connectivity index is 1.43. The highest BCUT2D eigenvalue weighted by molar-refractivity contribution is 6.31. The van der Waals surface area contributed by atoms with Gasteiger partial charge in [0.25, 0.3) is 5.91 Å². The zero-order valence-electron chi connectivity index (χ0n) is 24.6. The maximum absolute atomic E-state index is 14.3. The van der Waals surface area contributed by atoms with Crippen LogP contribution in [-0.4, -0.2) is 56.3 Å². The second-order valence-electron chi connectivity index (χ2n) is 11.0. The zero-order chi connectivity index (χ0) is 32.4. The molecule has 3 aromatic carbocycles. The van der Waals surface area contributed by atoms with Gasteiger partial charge in [0.2, 0.25) is 11.7 Å². The highest BCUT2D eigenvalue weighted by atomic mass is 35.5. The number of tetrazole rings is 1. The summed E-state index contributed by atoms with van der Waals surface area (Å²) < 4.78 is 47.8. The first-order valence-electron chi connectivity index (χ1n) is 14.6. The summed E-state index contributed by atoms with van der Waals surface area (Å²) in [5.74, 6) is -1.11. The largest absolute Gasteiger partial charge is 0.417 e. The van der Waals surface area contributed by atoms with Crippen LogP contribution < -0.4 is 10.2 Å². The van der Waals surface area contributed by atoms with E-state index in [1.807, 2.05) is 31.2 Å². The van der Waals surface area contributed by atoms with Crippen molar-refractivity contribution in [2.75, 3.05) is 18.1 Å². The Morgan fingerprint density at radius 3 is 2.67 bits per heavy atom. The van der Waals surface area contributed by atoms with Crippen LogP contribution in [-0.2, 0) is 27.0 Å². The van der Waals surface area contributed by atoms with Crippen LogP contribution in [0.2, 0.25) is 5.02 Å². The molecule has 1 aliphatic rings. The van der Waals surface area contributed by atoms with Gasteiger partial charge < -0.3 is 15.0 Å². The highest BCUT2D eigenvalue weighted by Gasteiger charge is 2.38. The second kappa shape index (κ2) is 12.9. The zero-order valence-corrected chi connectivity index (χ0v) is 25.3. The van der Waals surface area contributed by atoms with Crippen LogP contribution in [0.4, 0.5) is 18.9 Å². The molecule has 5 aromatic rings. The molecule has 2 aromatic heterocycles. The number of benzene rings is 3. The van der Waals surface area contributed by atoms with Gasteiger partial charge >= 0.3 is 6.18 Å². The van der Waals surface area contributed by atoms with Crippen molar-refractivity contribution in [2.45, 2.75) is 44.6 Å². The lowest BCUT2D eigenvalue weighted by Crippen LogP contribution is -2.46. The molecule has 0 bridgehead atoms. The molecule has 6 rings (SSSR count). The fourth-order valence-corrected chi connectivity index (χ4v) is 5.70. The van der Waals surface area contributed by atoms with Crippen molar-refractivity contribution in [3.05, 3.63) is 94.6 Å². The van der Waals surface area contributed by atoms with Crippen LogP contribution >= 0.6 is 11.6 Å². The average molecular weight is 652 g/mol. The van der Waals surface area contributed by atoms with Crippen molar-refractivity contribution in [3.63, 3.8) is 0 Å². The molecule has 0 aliphatic carbocycles. The van der Waals surface area contributed by atoms with E-state index in [9.17, 15) is 22.8 Å². The van der Waals surface area contributed by atoms with Gasteiger partial charge in [-0.2, -0.15) is 18.0 Å². The Bertz CT molecular complexity index is 1870. The molecule has 0 saturated carbocycles. The number of carbonyl (C=O) groups is 2. The molecule has 10 nitrogen and oxygen atoms in total. The number of halogens is 4. The Hall–Kier alpha value is -4.75. The van der Waals surface area contributed by atoms with Crippen LogP contribution in [0.25, 0.3) is 22.3 Å². The van der Waals surface area contributed by atoms with Crippen LogP contribution in [0, 0.1) is 6.92 Å². The number of hydrogen-bond acceptors (Lipinski definition) is 6. The monoisotopic (exact) mass is 651 g/mol. The number of para-hydroxylation sites is 1. The van der Waals surface area contributed by atoms with Gasteiger partial charge in [-0.1, -0.05) is 59.6 Å². The van der Waals surface area contributed by atoms with Crippen molar-refractivity contribution in [1.29, 1.82) is 0 Å². The number of carbonyl (C=O) groups excluding carboxylic acids is 2. The summed E-state index contributed by atoms with van der Waals surface area (Å²) in [7, 11) is 0. The fourth-order valence-electron chi connectivity index (χ4n) is 5.48. The summed E-state index contributed by atoms with van der Waals surface area (Å²) in [6, 6.07) is 16.2. The standard InChI is InChI=1S/C32H29ClF3N7O3/c1-19-8-10-20(11-9-19)30-39-41-42(40-30)18-28(44)43(21-12-13-26(33)25(15-21)32(34,35)36)29(31(45)38-16-22-5-4-14-46-22)24-17-37-27-7-3-2-6-23(24)27/h2-3,6-13,15,17,22,29,37H,4-5,14,16,18H2,1H3,(H,38,45)/t22-,29-/m0/s1. The van der Waals surface area contributed by atoms with Crippen molar-refractivity contribution in [2.24, 2.45) is 0 Å². The number of nitrogens with one attached hydrogen (secondary N) is 2. The predicted molar refractivity (Wildman–Crippen MR) is 165 cm³/mol. The number of anilines is 1. The quantitative estimate of drug-likeness (QED) is 0.206. The molecule has 0 radical (unpaired) electrons. The van der Waals surface area contributed by atoms with Gasteiger partial charge in [-0.05, 0) is 49.2 Å². The van der Waals surface area contributed by atoms with Crippen LogP contribution in [0.1, 0.15) is 35.6 Å². The number of aromatic amines is 1. The molecule has 3 heterocycles. The van der Waals surface area contributed by atoms with E-state index in [2.05, 4.69) is 25.7 Å². The van der Waals surface area contributed by atoms with Gasteiger partial charge in [0.1, 0.15) is 12.6 Å². The summed E-state index contributed by atoms with van der Waals surface area (Å²) in [4.78, 5) is 33.5. The molecule has 2 amide bonds. The van der Waals surface area contributed by atoms with E-state index >= 15 is 0 Å². The lowest BCUT2D eigenvalue weighted by atomic mass is 10.0. The summed E-state index contributed by atoms with van der Waals surface area (Å²) in [6.07, 6.45) is -1.88. The lowest BCUT2D eigenvalue weighted by Gasteiger charge is -2.32. The highest BCUT2D eigenvalue weighted by Crippen LogP contribution is 2.40. The maximum Gasteiger partial charge on any atom is 0.417 e. The Kier molecular flexibility index (Phi) is 8.78. The van der Waals surface area contributed by atoms with Crippen molar-refractivity contribution in [3.8, 4) is 11.4 Å². The first-order chi connectivity index (χ1) is 22.1. The summed E-state index contributed by atoms with van der Waals surface area (Å²) in [5, 5.41) is 15.3. The van der Waals surface area contributed by atoms with E-state index in [1.165, 1.54) is 6.07 Å². The summed E-state index contributed by atoms with van der Waals surface area (Å²) in [6.45, 7) is 2.14. The van der Waals surface area contributed by atoms with Crippen LogP contribution in [0.5, 0.6) is 0 Å². The van der Waals surface area contributed by atoms with E-state index in [1.54, 1.807) is 30.5 Å². The number of fused-ring (bicyclic) bond motifs is 1. The first-order valence-corrected chi connectivity index (χ1v) is 15.0. The third-order valence-electron chi connectivity index (χ3n) is 7.79. The molecule has 46 heavy (non-hydrogen) atoms. The third kappa shape index (κ3) is 6.60. The molecule has 1 aliphatic heterocycles. The van der Waals surface area contributed by atoms with Gasteiger partial charge in [0, 0.05) is 47.1 Å². The Morgan fingerprint density at radius 2 is 1.93 bits per heavy atom. The van der Waals surface area contributed by atoms with Gasteiger partial charge in [0.05, 0.1) is 16.7 Å². The molecular formula is C32H29ClF3N7O3. The number of amides is 2. The molecule has 2 N–H and O–H groups in total. The van der Waals surface area contributed by atoms with E-state index in [0.717, 1.165) is 40.2 Å². The number of rotatable bonds is 9. The van der Waals surface area contributed by atoms with Crippen LogP contribution in [0.3, 0.4) is 0 Å². The predicted octanol–water partition coefficient (Wildman–Crippen LogP) is 5.87. The van der Waals surface area contributed by atoms with E-state index < -0.39 is 41.2 Å².